The number of methoxy groups -OCH3 is 2. The fourth-order valence-corrected chi connectivity index (χ4v) is 2.59. The average molecular weight is 331 g/mol. The van der Waals surface area contributed by atoms with E-state index >= 15 is 0 Å². The van der Waals surface area contributed by atoms with Gasteiger partial charge in [-0.2, -0.15) is 5.10 Å². The SMILES string of the molecule is CCCc1c(NCc2ccc(OC)cc2OC)cnn(CC)c1=O. The van der Waals surface area contributed by atoms with Crippen molar-refractivity contribution in [3.05, 3.63) is 45.9 Å². The molecule has 0 unspecified atom stereocenters. The van der Waals surface area contributed by atoms with E-state index in [4.69, 9.17) is 9.47 Å². The Kier molecular flexibility index (Phi) is 6.23. The zero-order chi connectivity index (χ0) is 17.5. The number of ether oxygens (including phenoxy) is 2. The number of rotatable bonds is 8. The highest BCUT2D eigenvalue weighted by Crippen LogP contribution is 2.25. The van der Waals surface area contributed by atoms with Crippen LogP contribution in [0.4, 0.5) is 5.69 Å². The smallest absolute Gasteiger partial charge is 0.272 e. The number of hydrogen-bond donors (Lipinski definition) is 1. The maximum absolute atomic E-state index is 12.4. The molecule has 1 aromatic carbocycles. The lowest BCUT2D eigenvalue weighted by atomic mass is 10.1. The van der Waals surface area contributed by atoms with E-state index in [1.807, 2.05) is 25.1 Å². The highest BCUT2D eigenvalue weighted by atomic mass is 16.5. The summed E-state index contributed by atoms with van der Waals surface area (Å²) < 4.78 is 12.1. The number of aromatic nitrogens is 2. The minimum atomic E-state index is -0.0222. The molecular weight excluding hydrogens is 306 g/mol. The minimum Gasteiger partial charge on any atom is -0.497 e. The monoisotopic (exact) mass is 331 g/mol. The number of hydrogen-bond acceptors (Lipinski definition) is 5. The van der Waals surface area contributed by atoms with Gasteiger partial charge in [-0.3, -0.25) is 4.79 Å². The van der Waals surface area contributed by atoms with Crippen molar-refractivity contribution in [1.29, 1.82) is 0 Å². The van der Waals surface area contributed by atoms with Gasteiger partial charge in [-0.25, -0.2) is 4.68 Å². The Morgan fingerprint density at radius 3 is 2.62 bits per heavy atom. The van der Waals surface area contributed by atoms with Gasteiger partial charge in [0, 0.05) is 30.3 Å². The Balaban J connectivity index is 2.26. The van der Waals surface area contributed by atoms with Crippen LogP contribution in [0.3, 0.4) is 0 Å². The summed E-state index contributed by atoms with van der Waals surface area (Å²) >= 11 is 0. The van der Waals surface area contributed by atoms with Gasteiger partial charge in [-0.1, -0.05) is 13.3 Å². The maximum atomic E-state index is 12.4. The average Bonchev–Trinajstić information content (AvgIpc) is 2.62. The van der Waals surface area contributed by atoms with E-state index in [9.17, 15) is 4.79 Å². The Bertz CT molecular complexity index is 741. The molecule has 0 saturated heterocycles. The predicted octanol–water partition coefficient (Wildman–Crippen LogP) is 2.85. The van der Waals surface area contributed by atoms with Crippen LogP contribution in [0.5, 0.6) is 11.5 Å². The molecule has 24 heavy (non-hydrogen) atoms. The quantitative estimate of drug-likeness (QED) is 0.806. The van der Waals surface area contributed by atoms with Gasteiger partial charge >= 0.3 is 0 Å². The molecule has 0 atom stereocenters. The molecule has 0 bridgehead atoms. The summed E-state index contributed by atoms with van der Waals surface area (Å²) in [6.45, 7) is 5.09. The molecule has 130 valence electrons. The van der Waals surface area contributed by atoms with Crippen molar-refractivity contribution < 1.29 is 9.47 Å². The molecule has 0 aliphatic carbocycles. The molecule has 0 amide bonds. The largest absolute Gasteiger partial charge is 0.497 e. The first kappa shape index (κ1) is 17.8. The molecule has 0 radical (unpaired) electrons. The molecule has 6 heteroatoms. The van der Waals surface area contributed by atoms with Crippen LogP contribution in [0, 0.1) is 0 Å². The molecule has 0 spiro atoms. The predicted molar refractivity (Wildman–Crippen MR) is 95.0 cm³/mol. The molecule has 2 rings (SSSR count). The van der Waals surface area contributed by atoms with Crippen molar-refractivity contribution in [2.45, 2.75) is 39.8 Å². The van der Waals surface area contributed by atoms with E-state index < -0.39 is 0 Å². The van der Waals surface area contributed by atoms with Crippen LogP contribution >= 0.6 is 0 Å². The van der Waals surface area contributed by atoms with Crippen LogP contribution in [0.1, 0.15) is 31.4 Å². The van der Waals surface area contributed by atoms with Gasteiger partial charge in [-0.05, 0) is 25.5 Å². The molecule has 1 aromatic heterocycles. The molecular formula is C18H25N3O3. The van der Waals surface area contributed by atoms with Gasteiger partial charge < -0.3 is 14.8 Å². The first-order valence-electron chi connectivity index (χ1n) is 8.18. The zero-order valence-corrected chi connectivity index (χ0v) is 14.8. The summed E-state index contributed by atoms with van der Waals surface area (Å²) in [5, 5.41) is 7.53. The lowest BCUT2D eigenvalue weighted by Crippen LogP contribution is -2.26. The molecule has 2 aromatic rings. The highest BCUT2D eigenvalue weighted by Gasteiger charge is 2.11. The van der Waals surface area contributed by atoms with Gasteiger partial charge in [0.1, 0.15) is 11.5 Å². The summed E-state index contributed by atoms with van der Waals surface area (Å²) in [6.07, 6.45) is 3.36. The second-order valence-electron chi connectivity index (χ2n) is 5.44. The van der Waals surface area contributed by atoms with Crippen molar-refractivity contribution >= 4 is 5.69 Å². The Morgan fingerprint density at radius 2 is 2.00 bits per heavy atom. The van der Waals surface area contributed by atoms with Gasteiger partial charge in [0.2, 0.25) is 0 Å². The fraction of sp³-hybridized carbons (Fsp3) is 0.444. The molecule has 1 heterocycles. The summed E-state index contributed by atoms with van der Waals surface area (Å²) in [7, 11) is 3.25. The summed E-state index contributed by atoms with van der Waals surface area (Å²) in [4.78, 5) is 12.4. The molecule has 1 N–H and O–H groups in total. The lowest BCUT2D eigenvalue weighted by molar-refractivity contribution is 0.391. The summed E-state index contributed by atoms with van der Waals surface area (Å²) in [6, 6.07) is 5.68. The molecule has 0 aliphatic rings. The highest BCUT2D eigenvalue weighted by molar-refractivity contribution is 5.50. The van der Waals surface area contributed by atoms with E-state index in [1.165, 1.54) is 4.68 Å². The van der Waals surface area contributed by atoms with Gasteiger partial charge in [-0.15, -0.1) is 0 Å². The fourth-order valence-electron chi connectivity index (χ4n) is 2.59. The number of anilines is 1. The van der Waals surface area contributed by atoms with Crippen molar-refractivity contribution in [3.8, 4) is 11.5 Å². The first-order chi connectivity index (χ1) is 11.6. The van der Waals surface area contributed by atoms with E-state index in [0.717, 1.165) is 41.2 Å². The van der Waals surface area contributed by atoms with Gasteiger partial charge in [0.15, 0.2) is 0 Å². The number of benzene rings is 1. The maximum Gasteiger partial charge on any atom is 0.272 e. The van der Waals surface area contributed by atoms with Crippen LogP contribution in [-0.4, -0.2) is 24.0 Å². The van der Waals surface area contributed by atoms with E-state index in [0.29, 0.717) is 13.1 Å². The minimum absolute atomic E-state index is 0.0222. The van der Waals surface area contributed by atoms with Gasteiger partial charge in [0.25, 0.3) is 5.56 Å². The second kappa shape index (κ2) is 8.38. The summed E-state index contributed by atoms with van der Waals surface area (Å²) in [5.41, 5.74) is 2.53. The number of aryl methyl sites for hydroxylation is 1. The lowest BCUT2D eigenvalue weighted by Gasteiger charge is -2.15. The third kappa shape index (κ3) is 3.88. The van der Waals surface area contributed by atoms with Crippen molar-refractivity contribution in [2.24, 2.45) is 0 Å². The second-order valence-corrected chi connectivity index (χ2v) is 5.44. The molecule has 0 saturated carbocycles. The normalized spacial score (nSPS) is 10.5. The third-order valence-corrected chi connectivity index (χ3v) is 3.91. The molecule has 0 fully saturated rings. The van der Waals surface area contributed by atoms with Crippen molar-refractivity contribution in [2.75, 3.05) is 19.5 Å². The molecule has 6 nitrogen and oxygen atoms in total. The third-order valence-electron chi connectivity index (χ3n) is 3.91. The van der Waals surface area contributed by atoms with E-state index in [-0.39, 0.29) is 5.56 Å². The van der Waals surface area contributed by atoms with E-state index in [2.05, 4.69) is 17.3 Å². The van der Waals surface area contributed by atoms with Crippen molar-refractivity contribution in [1.82, 2.24) is 9.78 Å². The van der Waals surface area contributed by atoms with Crippen LogP contribution in [0.2, 0.25) is 0 Å². The Morgan fingerprint density at radius 1 is 1.21 bits per heavy atom. The first-order valence-corrected chi connectivity index (χ1v) is 8.18. The zero-order valence-electron chi connectivity index (χ0n) is 14.8. The summed E-state index contributed by atoms with van der Waals surface area (Å²) in [5.74, 6) is 1.49. The van der Waals surface area contributed by atoms with Crippen LogP contribution in [0.25, 0.3) is 0 Å². The number of nitrogens with one attached hydrogen (secondary N) is 1. The Labute approximate surface area is 142 Å². The van der Waals surface area contributed by atoms with Crippen molar-refractivity contribution in [3.63, 3.8) is 0 Å². The Hall–Kier alpha value is -2.50. The number of nitrogens with zero attached hydrogens (tertiary/aromatic N) is 2. The van der Waals surface area contributed by atoms with Crippen LogP contribution in [-0.2, 0) is 19.5 Å². The van der Waals surface area contributed by atoms with E-state index in [1.54, 1.807) is 20.4 Å². The standard InChI is InChI=1S/C18H25N3O3/c1-5-7-15-16(12-20-21(6-2)18(15)22)19-11-13-8-9-14(23-3)10-17(13)24-4/h8-10,12,19H,5-7,11H2,1-4H3. The topological polar surface area (TPSA) is 65.4 Å². The van der Waals surface area contributed by atoms with Crippen LogP contribution < -0.4 is 20.3 Å². The van der Waals surface area contributed by atoms with Crippen LogP contribution in [0.15, 0.2) is 29.2 Å². The van der Waals surface area contributed by atoms with Gasteiger partial charge in [0.05, 0.1) is 26.1 Å². The molecule has 0 aliphatic heterocycles.